The number of aryl methyl sites for hydroxylation is 2. The minimum Gasteiger partial charge on any atom is -0.497 e. The predicted molar refractivity (Wildman–Crippen MR) is 150 cm³/mol. The highest BCUT2D eigenvalue weighted by atomic mass is 32.2. The molecule has 0 spiro atoms. The van der Waals surface area contributed by atoms with Gasteiger partial charge in [-0.2, -0.15) is 0 Å². The Bertz CT molecular complexity index is 971. The Balaban J connectivity index is 1.41. The number of benzene rings is 1. The molecule has 0 radical (unpaired) electrons. The molecule has 0 aromatic heterocycles. The number of sulfonamides is 1. The smallest absolute Gasteiger partial charge is 0.243 e. The Morgan fingerprint density at radius 2 is 1.54 bits per heavy atom. The molecule has 0 bridgehead atoms. The summed E-state index contributed by atoms with van der Waals surface area (Å²) >= 11 is 0. The molecule has 1 heterocycles. The number of likely N-dealkylation sites (tertiary alicyclic amines) is 1. The van der Waals surface area contributed by atoms with E-state index in [-0.39, 0.29) is 18.7 Å². The number of Topliss-reactive ketones (excluding diaryl/α,β-unsaturated/α-hetero) is 1. The first-order chi connectivity index (χ1) is 17.5. The van der Waals surface area contributed by atoms with Crippen molar-refractivity contribution in [1.82, 2.24) is 14.1 Å². The van der Waals surface area contributed by atoms with Crippen LogP contribution < -0.4 is 4.74 Å². The Hall–Kier alpha value is -1.48. The van der Waals surface area contributed by atoms with Crippen molar-refractivity contribution >= 4 is 15.8 Å². The van der Waals surface area contributed by atoms with E-state index >= 15 is 0 Å². The number of ketones is 1. The maximum Gasteiger partial charge on any atom is 0.243 e. The summed E-state index contributed by atoms with van der Waals surface area (Å²) in [5.74, 6) is 2.13. The number of ether oxygens (including phenoxy) is 1. The third kappa shape index (κ3) is 8.25. The van der Waals surface area contributed by atoms with Crippen molar-refractivity contribution in [3.8, 4) is 5.75 Å². The van der Waals surface area contributed by atoms with E-state index in [1.165, 1.54) is 56.0 Å². The van der Waals surface area contributed by atoms with Gasteiger partial charge in [-0.25, -0.2) is 12.7 Å². The molecule has 1 aliphatic carbocycles. The van der Waals surface area contributed by atoms with E-state index in [2.05, 4.69) is 23.9 Å². The zero-order valence-corrected chi connectivity index (χ0v) is 24.8. The van der Waals surface area contributed by atoms with Gasteiger partial charge in [0.15, 0.2) is 0 Å². The predicted octanol–water partition coefficient (Wildman–Crippen LogP) is 4.50. The number of carbonyl (C=O) groups excluding carboxylic acids is 1. The van der Waals surface area contributed by atoms with Gasteiger partial charge in [0.25, 0.3) is 0 Å². The highest BCUT2D eigenvalue weighted by Gasteiger charge is 2.30. The van der Waals surface area contributed by atoms with E-state index in [9.17, 15) is 13.2 Å². The summed E-state index contributed by atoms with van der Waals surface area (Å²) in [5, 5.41) is 0. The maximum absolute atomic E-state index is 13.2. The molecule has 0 N–H and O–H groups in total. The molecule has 1 aromatic rings. The number of methoxy groups -OCH3 is 1. The van der Waals surface area contributed by atoms with E-state index in [4.69, 9.17) is 4.74 Å². The van der Waals surface area contributed by atoms with E-state index in [0.717, 1.165) is 18.8 Å². The molecule has 7 nitrogen and oxygen atoms in total. The largest absolute Gasteiger partial charge is 0.497 e. The molecule has 2 fully saturated rings. The van der Waals surface area contributed by atoms with Crippen LogP contribution in [0.15, 0.2) is 17.0 Å². The van der Waals surface area contributed by atoms with Gasteiger partial charge in [0, 0.05) is 32.5 Å². The number of hydrogen-bond acceptors (Lipinski definition) is 6. The molecular formula is C29H49N3O4S. The number of rotatable bonds is 12. The van der Waals surface area contributed by atoms with Gasteiger partial charge < -0.3 is 14.5 Å². The molecule has 1 aromatic carbocycles. The van der Waals surface area contributed by atoms with Gasteiger partial charge in [-0.1, -0.05) is 0 Å². The van der Waals surface area contributed by atoms with Crippen LogP contribution >= 0.6 is 0 Å². The Kier molecular flexibility index (Phi) is 11.0. The summed E-state index contributed by atoms with van der Waals surface area (Å²) < 4.78 is 33.0. The fourth-order valence-electron chi connectivity index (χ4n) is 6.18. The molecule has 0 unspecified atom stereocenters. The first kappa shape index (κ1) is 30.1. The Morgan fingerprint density at radius 1 is 0.946 bits per heavy atom. The van der Waals surface area contributed by atoms with E-state index in [0.29, 0.717) is 40.2 Å². The first-order valence-electron chi connectivity index (χ1n) is 14.0. The monoisotopic (exact) mass is 535 g/mol. The molecule has 0 atom stereocenters. The Morgan fingerprint density at radius 3 is 2.08 bits per heavy atom. The van der Waals surface area contributed by atoms with Crippen LogP contribution in [0.1, 0.15) is 68.9 Å². The van der Waals surface area contributed by atoms with Crippen LogP contribution in [-0.2, 0) is 14.8 Å². The van der Waals surface area contributed by atoms with Crippen molar-refractivity contribution in [2.24, 2.45) is 11.8 Å². The number of hydrogen-bond donors (Lipinski definition) is 0. The quantitative estimate of drug-likeness (QED) is 0.392. The van der Waals surface area contributed by atoms with Crippen LogP contribution in [0.5, 0.6) is 5.75 Å². The SMILES string of the molecule is COc1cc(C)c(S(=O)(=O)N(C)CCC(=O)CC2CCC(N3CCC(CCN(C)C)CC3)CC2)c(C)c1. The highest BCUT2D eigenvalue weighted by Crippen LogP contribution is 2.33. The third-order valence-corrected chi connectivity index (χ3v) is 10.7. The second-order valence-corrected chi connectivity index (χ2v) is 13.6. The van der Waals surface area contributed by atoms with E-state index in [1.54, 1.807) is 40.1 Å². The van der Waals surface area contributed by atoms with Crippen molar-refractivity contribution < 1.29 is 17.9 Å². The van der Waals surface area contributed by atoms with Crippen LogP contribution in [-0.4, -0.2) is 88.8 Å². The van der Waals surface area contributed by atoms with Crippen LogP contribution in [0.2, 0.25) is 0 Å². The van der Waals surface area contributed by atoms with Crippen molar-refractivity contribution in [1.29, 1.82) is 0 Å². The summed E-state index contributed by atoms with van der Waals surface area (Å²) in [6.45, 7) is 7.41. The lowest BCUT2D eigenvalue weighted by Gasteiger charge is -2.41. The van der Waals surface area contributed by atoms with Gasteiger partial charge >= 0.3 is 0 Å². The molecule has 0 amide bonds. The molecule has 1 aliphatic heterocycles. The number of nitrogens with zero attached hydrogens (tertiary/aromatic N) is 3. The van der Waals surface area contributed by atoms with Crippen LogP contribution in [0, 0.1) is 25.7 Å². The zero-order chi connectivity index (χ0) is 27.2. The fourth-order valence-corrected chi connectivity index (χ4v) is 7.75. The lowest BCUT2D eigenvalue weighted by atomic mass is 9.81. The van der Waals surface area contributed by atoms with Gasteiger partial charge in [0.1, 0.15) is 11.5 Å². The van der Waals surface area contributed by atoms with Gasteiger partial charge in [0.2, 0.25) is 10.0 Å². The van der Waals surface area contributed by atoms with Crippen LogP contribution in [0.4, 0.5) is 0 Å². The van der Waals surface area contributed by atoms with Crippen molar-refractivity contribution in [2.45, 2.75) is 82.6 Å². The highest BCUT2D eigenvalue weighted by molar-refractivity contribution is 7.89. The van der Waals surface area contributed by atoms with Crippen molar-refractivity contribution in [2.75, 3.05) is 54.4 Å². The second-order valence-electron chi connectivity index (χ2n) is 11.7. The van der Waals surface area contributed by atoms with Crippen molar-refractivity contribution in [3.63, 3.8) is 0 Å². The third-order valence-electron chi connectivity index (χ3n) is 8.53. The average Bonchev–Trinajstić information content (AvgIpc) is 2.86. The summed E-state index contributed by atoms with van der Waals surface area (Å²) in [7, 11) is 3.79. The van der Waals surface area contributed by atoms with Crippen LogP contribution in [0.25, 0.3) is 0 Å². The van der Waals surface area contributed by atoms with E-state index < -0.39 is 10.0 Å². The van der Waals surface area contributed by atoms with Gasteiger partial charge in [-0.3, -0.25) is 4.79 Å². The lowest BCUT2D eigenvalue weighted by Crippen LogP contribution is -2.43. The van der Waals surface area contributed by atoms with E-state index in [1.807, 2.05) is 0 Å². The summed E-state index contributed by atoms with van der Waals surface area (Å²) in [6.07, 6.45) is 9.38. The minimum absolute atomic E-state index is 0.176. The van der Waals surface area contributed by atoms with Crippen LogP contribution in [0.3, 0.4) is 0 Å². The van der Waals surface area contributed by atoms with Crippen molar-refractivity contribution in [3.05, 3.63) is 23.3 Å². The molecule has 210 valence electrons. The number of carbonyl (C=O) groups is 1. The fraction of sp³-hybridized carbons (Fsp3) is 0.759. The molecule has 1 saturated heterocycles. The van der Waals surface area contributed by atoms with Gasteiger partial charge in [-0.05, 0) is 128 Å². The first-order valence-corrected chi connectivity index (χ1v) is 15.5. The molecule has 37 heavy (non-hydrogen) atoms. The topological polar surface area (TPSA) is 70.2 Å². The number of piperidine rings is 1. The lowest BCUT2D eigenvalue weighted by molar-refractivity contribution is -0.120. The average molecular weight is 536 g/mol. The maximum atomic E-state index is 13.2. The molecule has 1 saturated carbocycles. The second kappa shape index (κ2) is 13.5. The summed E-state index contributed by atoms with van der Waals surface area (Å²) in [5.41, 5.74) is 1.31. The molecule has 8 heteroatoms. The zero-order valence-electron chi connectivity index (χ0n) is 24.0. The Labute approximate surface area is 225 Å². The molecular weight excluding hydrogens is 486 g/mol. The standard InChI is InChI=1S/C29H49N3O4S/c1-22-19-28(36-6)20-23(2)29(22)37(34,35)31(5)16-14-27(33)21-25-7-9-26(10-8-25)32-17-12-24(13-18-32)11-15-30(3)4/h19-20,24-26H,7-18,21H2,1-6H3. The van der Waals surface area contributed by atoms with Gasteiger partial charge in [-0.15, -0.1) is 0 Å². The summed E-state index contributed by atoms with van der Waals surface area (Å²) in [6, 6.07) is 4.15. The summed E-state index contributed by atoms with van der Waals surface area (Å²) in [4.78, 5) is 18.1. The molecule has 3 rings (SSSR count). The van der Waals surface area contributed by atoms with Gasteiger partial charge in [0.05, 0.1) is 12.0 Å². The molecule has 2 aliphatic rings. The minimum atomic E-state index is -3.67. The normalized spacial score (nSPS) is 22.1.